The molecule has 0 aliphatic carbocycles. The normalized spacial score (nSPS) is 17.0. The maximum atomic E-state index is 11.3. The smallest absolute Gasteiger partial charge is 0.340 e. The van der Waals surface area contributed by atoms with Crippen LogP contribution in [0.25, 0.3) is 0 Å². The summed E-state index contributed by atoms with van der Waals surface area (Å²) in [7, 11) is 0. The van der Waals surface area contributed by atoms with Gasteiger partial charge in [-0.05, 0) is 20.3 Å². The predicted molar refractivity (Wildman–Crippen MR) is 74.4 cm³/mol. The molecule has 0 amide bonds. The number of carbonyl (C=O) groups is 1. The van der Waals surface area contributed by atoms with Crippen LogP contribution in [-0.2, 0) is 9.53 Å². The lowest BCUT2D eigenvalue weighted by Gasteiger charge is -2.20. The molecule has 1 aliphatic rings. The molecule has 0 saturated carbocycles. The monoisotopic (exact) mass is 243 g/mol. The number of esters is 1. The maximum absolute atomic E-state index is 11.3. The molecular weight excluding hydrogens is 214 g/mol. The molecule has 0 bridgehead atoms. The lowest BCUT2D eigenvalue weighted by Crippen LogP contribution is -2.26. The topological polar surface area (TPSA) is 38.7 Å². The molecule has 1 heterocycles. The number of carbonyl (C=O) groups excluding carboxylic acids is 1. The van der Waals surface area contributed by atoms with Gasteiger partial charge in [0.2, 0.25) is 0 Å². The Balaban J connectivity index is 0. The zero-order chi connectivity index (χ0) is 14.3. The Morgan fingerprint density at radius 1 is 1.18 bits per heavy atom. The molecule has 3 heteroatoms. The third kappa shape index (κ3) is 4.88. The number of hydrogen-bond acceptors (Lipinski definition) is 3. The van der Waals surface area contributed by atoms with Crippen LogP contribution in [0.4, 0.5) is 0 Å². The molecule has 17 heavy (non-hydrogen) atoms. The van der Waals surface area contributed by atoms with Crippen molar-refractivity contribution in [3.05, 3.63) is 0 Å². The highest BCUT2D eigenvalue weighted by molar-refractivity contribution is 6.01. The van der Waals surface area contributed by atoms with E-state index in [2.05, 4.69) is 11.9 Å². The van der Waals surface area contributed by atoms with Crippen molar-refractivity contribution in [3.8, 4) is 0 Å². The van der Waals surface area contributed by atoms with Crippen LogP contribution in [0.3, 0.4) is 0 Å². The molecule has 0 unspecified atom stereocenters. The number of aliphatic imine (C=N–C) groups is 1. The molecule has 1 rings (SSSR count). The second-order valence-corrected chi connectivity index (χ2v) is 4.60. The second-order valence-electron chi connectivity index (χ2n) is 4.60. The molecule has 0 aromatic carbocycles. The first kappa shape index (κ1) is 18.5. The third-order valence-corrected chi connectivity index (χ3v) is 2.53. The van der Waals surface area contributed by atoms with Gasteiger partial charge in [0.1, 0.15) is 0 Å². The van der Waals surface area contributed by atoms with Crippen molar-refractivity contribution >= 4 is 11.9 Å². The summed E-state index contributed by atoms with van der Waals surface area (Å²) in [5.41, 5.74) is -0.828. The zero-order valence-electron chi connectivity index (χ0n) is 13.0. The van der Waals surface area contributed by atoms with E-state index >= 15 is 0 Å². The lowest BCUT2D eigenvalue weighted by molar-refractivity contribution is -0.138. The highest BCUT2D eigenvalue weighted by Crippen LogP contribution is 2.30. The van der Waals surface area contributed by atoms with Gasteiger partial charge in [-0.15, -0.1) is 0 Å². The molecule has 0 saturated heterocycles. The van der Waals surface area contributed by atoms with E-state index in [1.807, 2.05) is 41.5 Å². The van der Waals surface area contributed by atoms with Gasteiger partial charge < -0.3 is 4.74 Å². The summed E-state index contributed by atoms with van der Waals surface area (Å²) < 4.78 is 5.14. The van der Waals surface area contributed by atoms with Crippen molar-refractivity contribution in [3.63, 3.8) is 0 Å². The molecule has 0 aromatic heterocycles. The van der Waals surface area contributed by atoms with Crippen LogP contribution in [0.5, 0.6) is 0 Å². The molecule has 0 fully saturated rings. The van der Waals surface area contributed by atoms with E-state index in [4.69, 9.17) is 4.74 Å². The lowest BCUT2D eigenvalue weighted by atomic mass is 9.90. The fourth-order valence-corrected chi connectivity index (χ4v) is 0.976. The Morgan fingerprint density at radius 2 is 1.59 bits per heavy atom. The van der Waals surface area contributed by atoms with E-state index < -0.39 is 5.54 Å². The average Bonchev–Trinajstić information content (AvgIpc) is 2.60. The second kappa shape index (κ2) is 7.46. The molecule has 0 spiro atoms. The van der Waals surface area contributed by atoms with Crippen LogP contribution in [0.1, 0.15) is 68.7 Å². The molecule has 0 N–H and O–H groups in total. The first-order valence-electron chi connectivity index (χ1n) is 6.62. The SMILES string of the molecule is CC.CC.CCC(C)(C)C1=NC(C)(C)C(=O)O1. The van der Waals surface area contributed by atoms with Gasteiger partial charge in [-0.1, -0.05) is 48.5 Å². The molecule has 1 aliphatic heterocycles. The standard InChI is InChI=1S/C10H17NO2.2C2H6/c1-6-9(2,3)7-11-10(4,5)8(12)13-7;2*1-2/h6H2,1-5H3;2*1-2H3. The highest BCUT2D eigenvalue weighted by Gasteiger charge is 2.41. The van der Waals surface area contributed by atoms with Crippen LogP contribution >= 0.6 is 0 Å². The fraction of sp³-hybridized carbons (Fsp3) is 0.857. The summed E-state index contributed by atoms with van der Waals surface area (Å²) >= 11 is 0. The summed E-state index contributed by atoms with van der Waals surface area (Å²) in [6, 6.07) is 0. The van der Waals surface area contributed by atoms with Crippen molar-refractivity contribution < 1.29 is 9.53 Å². The number of ether oxygens (including phenoxy) is 1. The van der Waals surface area contributed by atoms with E-state index in [1.54, 1.807) is 13.8 Å². The Labute approximate surface area is 107 Å². The summed E-state index contributed by atoms with van der Waals surface area (Å²) in [6.07, 6.45) is 0.912. The van der Waals surface area contributed by atoms with Gasteiger partial charge in [0.15, 0.2) is 11.4 Å². The van der Waals surface area contributed by atoms with Crippen LogP contribution in [0, 0.1) is 5.41 Å². The number of cyclic esters (lactones) is 1. The van der Waals surface area contributed by atoms with E-state index in [9.17, 15) is 4.79 Å². The Kier molecular flexibility index (Phi) is 8.12. The van der Waals surface area contributed by atoms with Crippen molar-refractivity contribution in [1.82, 2.24) is 0 Å². The fourth-order valence-electron chi connectivity index (χ4n) is 0.976. The van der Waals surface area contributed by atoms with Gasteiger partial charge in [0, 0.05) is 5.41 Å². The van der Waals surface area contributed by atoms with Gasteiger partial charge >= 0.3 is 5.97 Å². The molecule has 102 valence electrons. The first-order valence-corrected chi connectivity index (χ1v) is 6.62. The maximum Gasteiger partial charge on any atom is 0.340 e. The van der Waals surface area contributed by atoms with Gasteiger partial charge in [-0.3, -0.25) is 0 Å². The first-order chi connectivity index (χ1) is 7.79. The van der Waals surface area contributed by atoms with Gasteiger partial charge in [0.05, 0.1) is 0 Å². The van der Waals surface area contributed by atoms with Gasteiger partial charge in [-0.2, -0.15) is 0 Å². The minimum Gasteiger partial charge on any atom is -0.410 e. The summed E-state index contributed by atoms with van der Waals surface area (Å²) in [5.74, 6) is 0.328. The van der Waals surface area contributed by atoms with E-state index in [-0.39, 0.29) is 11.4 Å². The van der Waals surface area contributed by atoms with Crippen LogP contribution < -0.4 is 0 Å². The van der Waals surface area contributed by atoms with Crippen molar-refractivity contribution in [2.24, 2.45) is 10.4 Å². The minimum absolute atomic E-state index is 0.135. The average molecular weight is 243 g/mol. The van der Waals surface area contributed by atoms with E-state index in [0.717, 1.165) is 6.42 Å². The van der Waals surface area contributed by atoms with Gasteiger partial charge in [0.25, 0.3) is 0 Å². The molecule has 0 radical (unpaired) electrons. The van der Waals surface area contributed by atoms with Crippen LogP contribution in [0.15, 0.2) is 4.99 Å². The molecule has 0 aromatic rings. The van der Waals surface area contributed by atoms with Gasteiger partial charge in [-0.25, -0.2) is 9.79 Å². The van der Waals surface area contributed by atoms with E-state index in [1.165, 1.54) is 0 Å². The summed E-state index contributed by atoms with van der Waals surface area (Å²) in [5, 5.41) is 0. The van der Waals surface area contributed by atoms with Crippen molar-refractivity contribution in [1.29, 1.82) is 0 Å². The Hall–Kier alpha value is -0.860. The Bertz CT molecular complexity index is 265. The van der Waals surface area contributed by atoms with Crippen molar-refractivity contribution in [2.45, 2.75) is 74.3 Å². The third-order valence-electron chi connectivity index (χ3n) is 2.53. The quantitative estimate of drug-likeness (QED) is 0.681. The number of hydrogen-bond donors (Lipinski definition) is 0. The molecule has 0 atom stereocenters. The number of nitrogens with zero attached hydrogens (tertiary/aromatic N) is 1. The Morgan fingerprint density at radius 3 is 1.82 bits per heavy atom. The molecule has 3 nitrogen and oxygen atoms in total. The zero-order valence-corrected chi connectivity index (χ0v) is 13.0. The minimum atomic E-state index is -0.693. The summed E-state index contributed by atoms with van der Waals surface area (Å²) in [6.45, 7) is 17.7. The summed E-state index contributed by atoms with van der Waals surface area (Å²) in [4.78, 5) is 15.6. The highest BCUT2D eigenvalue weighted by atomic mass is 16.6. The van der Waals surface area contributed by atoms with Crippen molar-refractivity contribution in [2.75, 3.05) is 0 Å². The molecular formula is C14H29NO2. The van der Waals surface area contributed by atoms with E-state index in [0.29, 0.717) is 5.90 Å². The predicted octanol–water partition coefficient (Wildman–Crippen LogP) is 4.21. The van der Waals surface area contributed by atoms with Crippen LogP contribution in [0.2, 0.25) is 0 Å². The number of rotatable bonds is 2. The largest absolute Gasteiger partial charge is 0.410 e. The van der Waals surface area contributed by atoms with Crippen LogP contribution in [-0.4, -0.2) is 17.4 Å².